The molecule has 0 amide bonds. The van der Waals surface area contributed by atoms with Crippen molar-refractivity contribution in [2.75, 3.05) is 0 Å². The van der Waals surface area contributed by atoms with Gasteiger partial charge in [-0.25, -0.2) is 0 Å². The van der Waals surface area contributed by atoms with Gasteiger partial charge in [0, 0.05) is 5.57 Å². The van der Waals surface area contributed by atoms with Crippen molar-refractivity contribution >= 4 is 5.78 Å². The molecule has 0 saturated heterocycles. The van der Waals surface area contributed by atoms with E-state index in [1.807, 2.05) is 13.0 Å². The molecule has 1 rings (SSSR count). The molecule has 0 saturated carbocycles. The molecular weight excluding hydrogens is 172 g/mol. The minimum absolute atomic E-state index is 0.0359. The second-order valence-corrected chi connectivity index (χ2v) is 4.31. The molecular formula is C13H18O. The van der Waals surface area contributed by atoms with E-state index < -0.39 is 0 Å². The van der Waals surface area contributed by atoms with Crippen molar-refractivity contribution in [3.63, 3.8) is 0 Å². The highest BCUT2D eigenvalue weighted by Crippen LogP contribution is 2.42. The fraction of sp³-hybridized carbons (Fsp3) is 0.462. The van der Waals surface area contributed by atoms with Gasteiger partial charge in [0.1, 0.15) is 0 Å². The largest absolute Gasteiger partial charge is 0.289 e. The summed E-state index contributed by atoms with van der Waals surface area (Å²) in [6.45, 7) is 9.81. The first-order valence-corrected chi connectivity index (χ1v) is 5.07. The minimum atomic E-state index is 0.0359. The minimum Gasteiger partial charge on any atom is -0.289 e. The van der Waals surface area contributed by atoms with Crippen LogP contribution in [-0.4, -0.2) is 5.78 Å². The van der Waals surface area contributed by atoms with Crippen molar-refractivity contribution in [1.29, 1.82) is 0 Å². The quantitative estimate of drug-likeness (QED) is 0.623. The molecule has 0 N–H and O–H groups in total. The Bertz CT molecular complexity index is 316. The zero-order valence-electron chi connectivity index (χ0n) is 9.26. The van der Waals surface area contributed by atoms with Gasteiger partial charge in [0.15, 0.2) is 5.78 Å². The molecule has 0 radical (unpaired) electrons. The maximum absolute atomic E-state index is 11.6. The van der Waals surface area contributed by atoms with Crippen molar-refractivity contribution in [3.05, 3.63) is 36.0 Å². The van der Waals surface area contributed by atoms with Crippen molar-refractivity contribution in [2.24, 2.45) is 5.41 Å². The highest BCUT2D eigenvalue weighted by atomic mass is 16.1. The van der Waals surface area contributed by atoms with E-state index in [2.05, 4.69) is 26.5 Å². The van der Waals surface area contributed by atoms with Crippen LogP contribution in [0.3, 0.4) is 0 Å². The van der Waals surface area contributed by atoms with Crippen LogP contribution in [0.25, 0.3) is 0 Å². The van der Waals surface area contributed by atoms with Gasteiger partial charge >= 0.3 is 0 Å². The van der Waals surface area contributed by atoms with Crippen molar-refractivity contribution in [2.45, 2.75) is 33.6 Å². The lowest BCUT2D eigenvalue weighted by Crippen LogP contribution is -2.15. The normalized spacial score (nSPS) is 20.5. The lowest BCUT2D eigenvalue weighted by atomic mass is 9.80. The number of rotatable bonds is 3. The second-order valence-electron chi connectivity index (χ2n) is 4.31. The molecule has 0 heterocycles. The lowest BCUT2D eigenvalue weighted by Gasteiger charge is -2.23. The van der Waals surface area contributed by atoms with E-state index in [1.54, 1.807) is 0 Å². The molecule has 14 heavy (non-hydrogen) atoms. The molecule has 0 bridgehead atoms. The van der Waals surface area contributed by atoms with E-state index in [1.165, 1.54) is 11.6 Å². The first kappa shape index (κ1) is 11.0. The van der Waals surface area contributed by atoms with E-state index in [0.717, 1.165) is 18.4 Å². The van der Waals surface area contributed by atoms with Crippen LogP contribution in [0.2, 0.25) is 0 Å². The third kappa shape index (κ3) is 1.87. The zero-order valence-corrected chi connectivity index (χ0v) is 9.26. The molecule has 0 aliphatic heterocycles. The van der Waals surface area contributed by atoms with E-state index in [0.29, 0.717) is 0 Å². The molecule has 1 aliphatic rings. The van der Waals surface area contributed by atoms with Gasteiger partial charge in [0.25, 0.3) is 0 Å². The fourth-order valence-corrected chi connectivity index (χ4v) is 2.00. The Labute approximate surface area is 86.2 Å². The average molecular weight is 190 g/mol. The Morgan fingerprint density at radius 2 is 2.21 bits per heavy atom. The molecule has 1 heteroatoms. The molecule has 1 aliphatic carbocycles. The van der Waals surface area contributed by atoms with Gasteiger partial charge in [0.2, 0.25) is 0 Å². The first-order valence-electron chi connectivity index (χ1n) is 5.07. The van der Waals surface area contributed by atoms with Crippen LogP contribution in [-0.2, 0) is 4.79 Å². The maximum Gasteiger partial charge on any atom is 0.185 e. The smallest absolute Gasteiger partial charge is 0.185 e. The van der Waals surface area contributed by atoms with E-state index in [-0.39, 0.29) is 11.2 Å². The number of hydrogen-bond donors (Lipinski definition) is 0. The molecule has 1 nitrogen and oxygen atoms in total. The second kappa shape index (κ2) is 3.95. The molecule has 0 atom stereocenters. The average Bonchev–Trinajstić information content (AvgIpc) is 2.47. The van der Waals surface area contributed by atoms with Gasteiger partial charge in [-0.1, -0.05) is 32.6 Å². The van der Waals surface area contributed by atoms with Gasteiger partial charge in [0.05, 0.1) is 0 Å². The van der Waals surface area contributed by atoms with Gasteiger partial charge in [-0.05, 0) is 36.8 Å². The van der Waals surface area contributed by atoms with Crippen molar-refractivity contribution < 1.29 is 4.79 Å². The van der Waals surface area contributed by atoms with Crippen molar-refractivity contribution in [3.8, 4) is 0 Å². The number of carbonyl (C=O) groups is 1. The third-order valence-electron chi connectivity index (χ3n) is 2.88. The maximum atomic E-state index is 11.6. The Hall–Kier alpha value is -1.11. The third-order valence-corrected chi connectivity index (χ3v) is 2.88. The highest BCUT2D eigenvalue weighted by molar-refractivity contribution is 6.07. The molecule has 0 fully saturated rings. The summed E-state index contributed by atoms with van der Waals surface area (Å²) < 4.78 is 0. The monoisotopic (exact) mass is 190 g/mol. The van der Waals surface area contributed by atoms with Crippen LogP contribution in [0.15, 0.2) is 36.0 Å². The molecule has 0 unspecified atom stereocenters. The summed E-state index contributed by atoms with van der Waals surface area (Å²) in [7, 11) is 0. The van der Waals surface area contributed by atoms with Gasteiger partial charge in [-0.3, -0.25) is 4.79 Å². The standard InChI is InChI=1S/C13H18O/c1-5-10(12(14)6-2)11-8-7-9-13(11,3)4/h5-6,8H,2,7,9H2,1,3-4H3/b10-5-. The number of ketones is 1. The molecule has 76 valence electrons. The summed E-state index contributed by atoms with van der Waals surface area (Å²) in [5.41, 5.74) is 2.15. The SMILES string of the molecule is C=CC(=O)/C(=C\C)C1=CCCC1(C)C. The summed E-state index contributed by atoms with van der Waals surface area (Å²) in [6, 6.07) is 0. The summed E-state index contributed by atoms with van der Waals surface area (Å²) >= 11 is 0. The molecule has 0 aromatic carbocycles. The van der Waals surface area contributed by atoms with Gasteiger partial charge < -0.3 is 0 Å². The zero-order chi connectivity index (χ0) is 10.8. The van der Waals surface area contributed by atoms with E-state index in [9.17, 15) is 4.79 Å². The molecule has 0 aromatic rings. The van der Waals surface area contributed by atoms with Crippen LogP contribution < -0.4 is 0 Å². The Morgan fingerprint density at radius 3 is 2.57 bits per heavy atom. The Kier molecular flexibility index (Phi) is 3.10. The van der Waals surface area contributed by atoms with Crippen molar-refractivity contribution in [1.82, 2.24) is 0 Å². The highest BCUT2D eigenvalue weighted by Gasteiger charge is 2.30. The Morgan fingerprint density at radius 1 is 1.57 bits per heavy atom. The summed E-state index contributed by atoms with van der Waals surface area (Å²) in [5, 5.41) is 0. The van der Waals surface area contributed by atoms with E-state index >= 15 is 0 Å². The van der Waals surface area contributed by atoms with Gasteiger partial charge in [-0.2, -0.15) is 0 Å². The number of allylic oxidation sites excluding steroid dienone is 5. The Balaban J connectivity index is 3.04. The number of hydrogen-bond acceptors (Lipinski definition) is 1. The summed E-state index contributed by atoms with van der Waals surface area (Å²) in [4.78, 5) is 11.6. The fourth-order valence-electron chi connectivity index (χ4n) is 2.00. The summed E-state index contributed by atoms with van der Waals surface area (Å²) in [5.74, 6) is 0.0359. The first-order chi connectivity index (χ1) is 6.53. The van der Waals surface area contributed by atoms with Crippen LogP contribution >= 0.6 is 0 Å². The number of carbonyl (C=O) groups excluding carboxylic acids is 1. The van der Waals surface area contributed by atoms with Crippen LogP contribution in [0.4, 0.5) is 0 Å². The van der Waals surface area contributed by atoms with Crippen LogP contribution in [0.5, 0.6) is 0 Å². The van der Waals surface area contributed by atoms with Crippen LogP contribution in [0, 0.1) is 5.41 Å². The molecule has 0 spiro atoms. The topological polar surface area (TPSA) is 17.1 Å². The van der Waals surface area contributed by atoms with Gasteiger partial charge in [-0.15, -0.1) is 0 Å². The van der Waals surface area contributed by atoms with E-state index in [4.69, 9.17) is 0 Å². The summed E-state index contributed by atoms with van der Waals surface area (Å²) in [6.07, 6.45) is 7.67. The predicted octanol–water partition coefficient (Wildman–Crippen LogP) is 3.43. The van der Waals surface area contributed by atoms with Crippen LogP contribution in [0.1, 0.15) is 33.6 Å². The predicted molar refractivity (Wildman–Crippen MR) is 60.1 cm³/mol. The lowest BCUT2D eigenvalue weighted by molar-refractivity contribution is -0.111. The molecule has 0 aromatic heterocycles.